The molecule has 0 unspecified atom stereocenters. The number of hydrogen-bond donors (Lipinski definition) is 2. The van der Waals surface area contributed by atoms with E-state index in [2.05, 4.69) is 25.8 Å². The second-order valence-electron chi connectivity index (χ2n) is 5.65. The maximum absolute atomic E-state index is 5.88. The molecule has 0 amide bonds. The molecule has 0 aliphatic heterocycles. The standard InChI is InChI=1S/C19H20ClN5O2/c1-26-11-10-21-18-12-22-25-19(24-18)23-16-6-8-17(9-7-16)27-13-14-2-4-15(20)5-3-14/h2-9,12H,10-11,13H2,1H3,(H2,21,23,24,25). The first-order valence-electron chi connectivity index (χ1n) is 8.40. The van der Waals surface area contributed by atoms with Crippen molar-refractivity contribution in [3.63, 3.8) is 0 Å². The SMILES string of the molecule is COCCNc1cnnc(Nc2ccc(OCc3ccc(Cl)cc3)cc2)n1. The van der Waals surface area contributed by atoms with E-state index in [4.69, 9.17) is 21.1 Å². The van der Waals surface area contributed by atoms with Gasteiger partial charge in [-0.15, -0.1) is 5.10 Å². The first-order chi connectivity index (χ1) is 13.2. The monoisotopic (exact) mass is 385 g/mol. The molecule has 3 aromatic rings. The number of aromatic nitrogens is 3. The molecule has 140 valence electrons. The van der Waals surface area contributed by atoms with Gasteiger partial charge in [0.1, 0.15) is 12.4 Å². The van der Waals surface area contributed by atoms with E-state index in [0.29, 0.717) is 36.5 Å². The average molecular weight is 386 g/mol. The molecule has 7 nitrogen and oxygen atoms in total. The Hall–Kier alpha value is -2.90. The molecule has 0 bridgehead atoms. The van der Waals surface area contributed by atoms with E-state index in [9.17, 15) is 0 Å². The molecule has 3 rings (SSSR count). The summed E-state index contributed by atoms with van der Waals surface area (Å²) in [5.74, 6) is 1.81. The van der Waals surface area contributed by atoms with Gasteiger partial charge in [-0.2, -0.15) is 10.1 Å². The highest BCUT2D eigenvalue weighted by atomic mass is 35.5. The topological polar surface area (TPSA) is 81.2 Å². The highest BCUT2D eigenvalue weighted by molar-refractivity contribution is 6.30. The Morgan fingerprint density at radius 1 is 1.04 bits per heavy atom. The smallest absolute Gasteiger partial charge is 0.249 e. The number of halogens is 1. The lowest BCUT2D eigenvalue weighted by atomic mass is 10.2. The Labute approximate surface area is 162 Å². The molecule has 0 fully saturated rings. The molecular formula is C19H20ClN5O2. The fraction of sp³-hybridized carbons (Fsp3) is 0.211. The van der Waals surface area contributed by atoms with Crippen LogP contribution in [0.4, 0.5) is 17.5 Å². The minimum atomic E-state index is 0.409. The molecule has 2 aromatic carbocycles. The van der Waals surface area contributed by atoms with Crippen LogP contribution in [0.3, 0.4) is 0 Å². The molecule has 0 saturated heterocycles. The molecule has 0 atom stereocenters. The van der Waals surface area contributed by atoms with Crippen molar-refractivity contribution in [2.24, 2.45) is 0 Å². The van der Waals surface area contributed by atoms with Gasteiger partial charge in [-0.05, 0) is 42.0 Å². The minimum absolute atomic E-state index is 0.409. The van der Waals surface area contributed by atoms with Crippen LogP contribution in [0.2, 0.25) is 5.02 Å². The number of anilines is 3. The lowest BCUT2D eigenvalue weighted by Gasteiger charge is -2.09. The zero-order valence-electron chi connectivity index (χ0n) is 14.9. The Bertz CT molecular complexity index is 843. The van der Waals surface area contributed by atoms with Gasteiger partial charge in [0.15, 0.2) is 5.82 Å². The summed E-state index contributed by atoms with van der Waals surface area (Å²) in [6.07, 6.45) is 1.56. The Morgan fingerprint density at radius 3 is 2.56 bits per heavy atom. The molecular weight excluding hydrogens is 366 g/mol. The molecule has 0 saturated carbocycles. The van der Waals surface area contributed by atoms with Crippen LogP contribution in [0.1, 0.15) is 5.56 Å². The predicted octanol–water partition coefficient (Wildman–Crippen LogP) is 3.91. The molecule has 1 heterocycles. The predicted molar refractivity (Wildman–Crippen MR) is 106 cm³/mol. The van der Waals surface area contributed by atoms with Gasteiger partial charge in [0.05, 0.1) is 12.8 Å². The van der Waals surface area contributed by atoms with E-state index in [1.807, 2.05) is 48.5 Å². The Kier molecular flexibility index (Phi) is 6.78. The maximum atomic E-state index is 5.88. The van der Waals surface area contributed by atoms with Gasteiger partial charge in [-0.3, -0.25) is 0 Å². The van der Waals surface area contributed by atoms with Crippen LogP contribution in [0.15, 0.2) is 54.7 Å². The minimum Gasteiger partial charge on any atom is -0.489 e. The summed E-state index contributed by atoms with van der Waals surface area (Å²) in [7, 11) is 1.65. The van der Waals surface area contributed by atoms with Crippen molar-refractivity contribution in [1.29, 1.82) is 0 Å². The molecule has 27 heavy (non-hydrogen) atoms. The van der Waals surface area contributed by atoms with Crippen molar-refractivity contribution < 1.29 is 9.47 Å². The summed E-state index contributed by atoms with van der Waals surface area (Å²) in [4.78, 5) is 4.35. The molecule has 0 spiro atoms. The third-order valence-electron chi connectivity index (χ3n) is 3.60. The molecule has 8 heteroatoms. The highest BCUT2D eigenvalue weighted by Crippen LogP contribution is 2.20. The van der Waals surface area contributed by atoms with Crippen molar-refractivity contribution in [3.05, 3.63) is 65.3 Å². The molecule has 0 radical (unpaired) electrons. The van der Waals surface area contributed by atoms with Gasteiger partial charge in [0.25, 0.3) is 0 Å². The van der Waals surface area contributed by atoms with Crippen LogP contribution in [0.5, 0.6) is 5.75 Å². The van der Waals surface area contributed by atoms with Crippen molar-refractivity contribution >= 4 is 29.1 Å². The summed E-state index contributed by atoms with van der Waals surface area (Å²) < 4.78 is 10.8. The van der Waals surface area contributed by atoms with Crippen LogP contribution in [-0.2, 0) is 11.3 Å². The zero-order valence-corrected chi connectivity index (χ0v) is 15.6. The van der Waals surface area contributed by atoms with E-state index >= 15 is 0 Å². The fourth-order valence-electron chi connectivity index (χ4n) is 2.23. The highest BCUT2D eigenvalue weighted by Gasteiger charge is 2.02. The summed E-state index contributed by atoms with van der Waals surface area (Å²) in [6.45, 7) is 1.71. The number of methoxy groups -OCH3 is 1. The van der Waals surface area contributed by atoms with Gasteiger partial charge in [0, 0.05) is 24.4 Å². The number of hydrogen-bond acceptors (Lipinski definition) is 7. The first kappa shape index (κ1) is 18.9. The zero-order chi connectivity index (χ0) is 18.9. The second kappa shape index (κ2) is 9.70. The summed E-state index contributed by atoms with van der Waals surface area (Å²) in [6, 6.07) is 15.1. The van der Waals surface area contributed by atoms with Crippen LogP contribution in [0, 0.1) is 0 Å². The van der Waals surface area contributed by atoms with Gasteiger partial charge in [-0.1, -0.05) is 23.7 Å². The summed E-state index contributed by atoms with van der Waals surface area (Å²) in [5, 5.41) is 14.9. The van der Waals surface area contributed by atoms with Gasteiger partial charge < -0.3 is 20.1 Å². The quantitative estimate of drug-likeness (QED) is 0.540. The van der Waals surface area contributed by atoms with E-state index in [-0.39, 0.29) is 0 Å². The lowest BCUT2D eigenvalue weighted by molar-refractivity contribution is 0.210. The second-order valence-corrected chi connectivity index (χ2v) is 6.09. The molecule has 2 N–H and O–H groups in total. The van der Waals surface area contributed by atoms with E-state index < -0.39 is 0 Å². The van der Waals surface area contributed by atoms with E-state index in [0.717, 1.165) is 17.0 Å². The van der Waals surface area contributed by atoms with Crippen molar-refractivity contribution in [2.45, 2.75) is 6.61 Å². The van der Waals surface area contributed by atoms with Crippen LogP contribution >= 0.6 is 11.6 Å². The lowest BCUT2D eigenvalue weighted by Crippen LogP contribution is -2.10. The van der Waals surface area contributed by atoms with Crippen molar-refractivity contribution in [3.8, 4) is 5.75 Å². The summed E-state index contributed by atoms with van der Waals surface area (Å²) in [5.41, 5.74) is 1.89. The van der Waals surface area contributed by atoms with E-state index in [1.54, 1.807) is 13.3 Å². The number of benzene rings is 2. The van der Waals surface area contributed by atoms with Gasteiger partial charge in [0.2, 0.25) is 5.95 Å². The van der Waals surface area contributed by atoms with Crippen LogP contribution in [-0.4, -0.2) is 35.4 Å². The maximum Gasteiger partial charge on any atom is 0.249 e. The Balaban J connectivity index is 1.54. The van der Waals surface area contributed by atoms with Crippen LogP contribution in [0.25, 0.3) is 0 Å². The molecule has 1 aromatic heterocycles. The van der Waals surface area contributed by atoms with Crippen molar-refractivity contribution in [2.75, 3.05) is 30.9 Å². The van der Waals surface area contributed by atoms with Gasteiger partial charge >= 0.3 is 0 Å². The van der Waals surface area contributed by atoms with E-state index in [1.165, 1.54) is 0 Å². The number of nitrogens with one attached hydrogen (secondary N) is 2. The Morgan fingerprint density at radius 2 is 1.81 bits per heavy atom. The number of ether oxygens (including phenoxy) is 2. The van der Waals surface area contributed by atoms with Gasteiger partial charge in [-0.25, -0.2) is 0 Å². The number of nitrogens with zero attached hydrogens (tertiary/aromatic N) is 3. The fourth-order valence-corrected chi connectivity index (χ4v) is 2.36. The summed E-state index contributed by atoms with van der Waals surface area (Å²) >= 11 is 5.88. The van der Waals surface area contributed by atoms with Crippen molar-refractivity contribution in [1.82, 2.24) is 15.2 Å². The molecule has 0 aliphatic rings. The third-order valence-corrected chi connectivity index (χ3v) is 3.85. The third kappa shape index (κ3) is 6.09. The number of rotatable bonds is 9. The van der Waals surface area contributed by atoms with Crippen LogP contribution < -0.4 is 15.4 Å². The average Bonchev–Trinajstić information content (AvgIpc) is 2.69. The first-order valence-corrected chi connectivity index (χ1v) is 8.77. The largest absolute Gasteiger partial charge is 0.489 e. The molecule has 0 aliphatic carbocycles. The normalized spacial score (nSPS) is 10.4.